The number of nitrogens with one attached hydrogen (secondary N) is 2. The number of likely N-dealkylation sites (tertiary alicyclic amines) is 1. The quantitative estimate of drug-likeness (QED) is 0.314. The van der Waals surface area contributed by atoms with Crippen molar-refractivity contribution in [3.05, 3.63) is 81.8 Å². The van der Waals surface area contributed by atoms with Crippen LogP contribution in [0.3, 0.4) is 0 Å². The number of carbonyl (C=O) groups excluding carboxylic acids is 2. The molecule has 3 aromatic carbocycles. The van der Waals surface area contributed by atoms with Gasteiger partial charge < -0.3 is 20.1 Å². The standard InChI is InChI=1S/C27H27BrClN3O6S/c28-20-7-10-24(22(29)15-20)38-25-4-2-1-3-23(25)31-39(36,37)21-8-5-19(6-9-21)27(35)30-16-26(34)32-13-11-18(17-33)12-14-32/h1-10,15,18,31,33H,11-14,16-17H2,(H,30,35). The fourth-order valence-electron chi connectivity index (χ4n) is 4.04. The molecule has 0 radical (unpaired) electrons. The molecule has 4 rings (SSSR count). The van der Waals surface area contributed by atoms with Crippen molar-refractivity contribution in [2.75, 3.05) is 31.0 Å². The zero-order chi connectivity index (χ0) is 28.0. The van der Waals surface area contributed by atoms with Crippen LogP contribution in [0.1, 0.15) is 23.2 Å². The van der Waals surface area contributed by atoms with Gasteiger partial charge in [0.25, 0.3) is 15.9 Å². The number of carbonyl (C=O) groups is 2. The molecule has 0 aromatic heterocycles. The summed E-state index contributed by atoms with van der Waals surface area (Å²) in [5.74, 6) is 0.129. The van der Waals surface area contributed by atoms with Gasteiger partial charge in [0.15, 0.2) is 5.75 Å². The average molecular weight is 637 g/mol. The van der Waals surface area contributed by atoms with E-state index in [-0.39, 0.29) is 46.9 Å². The maximum absolute atomic E-state index is 13.1. The topological polar surface area (TPSA) is 125 Å². The molecule has 3 N–H and O–H groups in total. The molecule has 3 aromatic rings. The van der Waals surface area contributed by atoms with Crippen LogP contribution in [-0.4, -0.2) is 56.5 Å². The lowest BCUT2D eigenvalue weighted by Crippen LogP contribution is -2.44. The number of nitrogens with zero attached hydrogens (tertiary/aromatic N) is 1. The predicted octanol–water partition coefficient (Wildman–Crippen LogP) is 4.66. The Balaban J connectivity index is 1.38. The number of anilines is 1. The van der Waals surface area contributed by atoms with Crippen molar-refractivity contribution in [1.29, 1.82) is 0 Å². The number of sulfonamides is 1. The molecule has 1 heterocycles. The number of aliphatic hydroxyl groups excluding tert-OH is 1. The number of hydrogen-bond donors (Lipinski definition) is 3. The largest absolute Gasteiger partial charge is 0.454 e. The Hall–Kier alpha value is -3.12. The van der Waals surface area contributed by atoms with Crippen LogP contribution in [0.15, 0.2) is 76.1 Å². The Bertz CT molecular complexity index is 1440. The molecule has 0 spiro atoms. The molecule has 1 saturated heterocycles. The summed E-state index contributed by atoms with van der Waals surface area (Å²) >= 11 is 9.57. The highest BCUT2D eigenvalue weighted by Gasteiger charge is 2.23. The summed E-state index contributed by atoms with van der Waals surface area (Å²) in [5.41, 5.74) is 0.425. The first-order chi connectivity index (χ1) is 18.7. The van der Waals surface area contributed by atoms with E-state index in [1.54, 1.807) is 47.4 Å². The van der Waals surface area contributed by atoms with Crippen LogP contribution in [0, 0.1) is 5.92 Å². The number of piperidine rings is 1. The Kier molecular flexibility index (Phi) is 9.49. The van der Waals surface area contributed by atoms with Crippen molar-refractivity contribution in [3.8, 4) is 11.5 Å². The Morgan fingerprint density at radius 2 is 1.72 bits per heavy atom. The first-order valence-corrected chi connectivity index (χ1v) is 14.8. The van der Waals surface area contributed by atoms with Crippen molar-refractivity contribution >= 4 is 55.1 Å². The summed E-state index contributed by atoms with van der Waals surface area (Å²) < 4.78 is 35.3. The summed E-state index contributed by atoms with van der Waals surface area (Å²) in [6.45, 7) is 1.04. The fraction of sp³-hybridized carbons (Fsp3) is 0.259. The van der Waals surface area contributed by atoms with E-state index in [0.717, 1.165) is 17.3 Å². The van der Waals surface area contributed by atoms with Gasteiger partial charge >= 0.3 is 0 Å². The van der Waals surface area contributed by atoms with E-state index in [2.05, 4.69) is 26.0 Å². The molecule has 39 heavy (non-hydrogen) atoms. The molecule has 0 unspecified atom stereocenters. The lowest BCUT2D eigenvalue weighted by molar-refractivity contribution is -0.131. The number of benzene rings is 3. The smallest absolute Gasteiger partial charge is 0.262 e. The van der Waals surface area contributed by atoms with Crippen LogP contribution >= 0.6 is 27.5 Å². The van der Waals surface area contributed by atoms with Crippen LogP contribution in [0.4, 0.5) is 5.69 Å². The second-order valence-electron chi connectivity index (χ2n) is 8.99. The van der Waals surface area contributed by atoms with E-state index in [0.29, 0.717) is 23.9 Å². The average Bonchev–Trinajstić information content (AvgIpc) is 2.94. The predicted molar refractivity (Wildman–Crippen MR) is 152 cm³/mol. The minimum Gasteiger partial charge on any atom is -0.454 e. The van der Waals surface area contributed by atoms with Gasteiger partial charge in [0.2, 0.25) is 5.91 Å². The van der Waals surface area contributed by atoms with Gasteiger partial charge in [-0.3, -0.25) is 14.3 Å². The Morgan fingerprint density at radius 1 is 1.03 bits per heavy atom. The molecule has 0 saturated carbocycles. The minimum atomic E-state index is -4.02. The highest BCUT2D eigenvalue weighted by Crippen LogP contribution is 2.35. The van der Waals surface area contributed by atoms with Crippen LogP contribution in [-0.2, 0) is 14.8 Å². The third kappa shape index (κ3) is 7.51. The van der Waals surface area contributed by atoms with Gasteiger partial charge in [-0.05, 0) is 73.4 Å². The molecule has 1 aliphatic heterocycles. The number of halogens is 2. The molecule has 0 bridgehead atoms. The zero-order valence-electron chi connectivity index (χ0n) is 20.8. The van der Waals surface area contributed by atoms with E-state index in [4.69, 9.17) is 16.3 Å². The first-order valence-electron chi connectivity index (χ1n) is 12.2. The van der Waals surface area contributed by atoms with Gasteiger partial charge in [-0.25, -0.2) is 8.42 Å². The molecular weight excluding hydrogens is 610 g/mol. The van der Waals surface area contributed by atoms with Gasteiger partial charge in [-0.1, -0.05) is 39.7 Å². The van der Waals surface area contributed by atoms with E-state index in [1.165, 1.54) is 24.3 Å². The van der Waals surface area contributed by atoms with E-state index in [1.807, 2.05) is 0 Å². The maximum atomic E-state index is 13.1. The van der Waals surface area contributed by atoms with Gasteiger partial charge in [0, 0.05) is 29.7 Å². The number of aliphatic hydroxyl groups is 1. The van der Waals surface area contributed by atoms with E-state index >= 15 is 0 Å². The molecular formula is C27H27BrClN3O6S. The molecule has 1 fully saturated rings. The monoisotopic (exact) mass is 635 g/mol. The summed E-state index contributed by atoms with van der Waals surface area (Å²) in [5, 5.41) is 12.2. The number of para-hydroxylation sites is 2. The number of rotatable bonds is 9. The highest BCUT2D eigenvalue weighted by atomic mass is 79.9. The Labute approximate surface area is 240 Å². The maximum Gasteiger partial charge on any atom is 0.262 e. The van der Waals surface area contributed by atoms with Gasteiger partial charge in [-0.2, -0.15) is 0 Å². The van der Waals surface area contributed by atoms with E-state index < -0.39 is 15.9 Å². The minimum absolute atomic E-state index is 0.0571. The second kappa shape index (κ2) is 12.8. The van der Waals surface area contributed by atoms with Gasteiger partial charge in [-0.15, -0.1) is 0 Å². The molecule has 12 heteroatoms. The Morgan fingerprint density at radius 3 is 2.38 bits per heavy atom. The summed E-state index contributed by atoms with van der Waals surface area (Å²) in [6, 6.07) is 17.0. The first kappa shape index (κ1) is 28.9. The molecule has 1 aliphatic rings. The van der Waals surface area contributed by atoms with Crippen LogP contribution < -0.4 is 14.8 Å². The third-order valence-electron chi connectivity index (χ3n) is 6.30. The van der Waals surface area contributed by atoms with Crippen molar-refractivity contribution < 1.29 is 27.9 Å². The second-order valence-corrected chi connectivity index (χ2v) is 12.0. The molecule has 0 atom stereocenters. The summed E-state index contributed by atoms with van der Waals surface area (Å²) in [6.07, 6.45) is 1.46. The van der Waals surface area contributed by atoms with Crippen molar-refractivity contribution in [1.82, 2.24) is 10.2 Å². The molecule has 0 aliphatic carbocycles. The van der Waals surface area contributed by atoms with Gasteiger partial charge in [0.05, 0.1) is 22.2 Å². The van der Waals surface area contributed by atoms with E-state index in [9.17, 15) is 23.1 Å². The lowest BCUT2D eigenvalue weighted by Gasteiger charge is -2.31. The van der Waals surface area contributed by atoms with Crippen molar-refractivity contribution in [2.24, 2.45) is 5.92 Å². The van der Waals surface area contributed by atoms with Gasteiger partial charge in [0.1, 0.15) is 5.75 Å². The van der Waals surface area contributed by atoms with Crippen LogP contribution in [0.2, 0.25) is 5.02 Å². The van der Waals surface area contributed by atoms with Crippen molar-refractivity contribution in [2.45, 2.75) is 17.7 Å². The normalized spacial score (nSPS) is 14.1. The van der Waals surface area contributed by atoms with Crippen LogP contribution in [0.25, 0.3) is 0 Å². The third-order valence-corrected chi connectivity index (χ3v) is 8.47. The van der Waals surface area contributed by atoms with Crippen LogP contribution in [0.5, 0.6) is 11.5 Å². The fourth-order valence-corrected chi connectivity index (χ4v) is 5.82. The SMILES string of the molecule is O=C(NCC(=O)N1CCC(CO)CC1)c1ccc(S(=O)(=O)Nc2ccccc2Oc2ccc(Br)cc2Cl)cc1. The van der Waals surface area contributed by atoms with Crippen molar-refractivity contribution in [3.63, 3.8) is 0 Å². The molecule has 9 nitrogen and oxygen atoms in total. The number of ether oxygens (including phenoxy) is 1. The summed E-state index contributed by atoms with van der Waals surface area (Å²) in [4.78, 5) is 26.6. The summed E-state index contributed by atoms with van der Waals surface area (Å²) in [7, 11) is -4.02. The highest BCUT2D eigenvalue weighted by molar-refractivity contribution is 9.10. The molecule has 2 amide bonds. The number of amides is 2. The lowest BCUT2D eigenvalue weighted by atomic mass is 9.98. The zero-order valence-corrected chi connectivity index (χ0v) is 23.9. The molecule has 206 valence electrons. The number of hydrogen-bond acceptors (Lipinski definition) is 6.